The highest BCUT2D eigenvalue weighted by atomic mass is 16.1. The lowest BCUT2D eigenvalue weighted by Crippen LogP contribution is -2.30. The Hall–Kier alpha value is -3.41. The van der Waals surface area contributed by atoms with Gasteiger partial charge in [-0.25, -0.2) is 4.68 Å². The van der Waals surface area contributed by atoms with Gasteiger partial charge in [-0.05, 0) is 23.6 Å². The molecule has 0 saturated carbocycles. The van der Waals surface area contributed by atoms with Crippen molar-refractivity contribution in [2.45, 2.75) is 13.0 Å². The highest BCUT2D eigenvalue weighted by Crippen LogP contribution is 2.15. The highest BCUT2D eigenvalue weighted by Gasteiger charge is 2.12. The number of nitrogens with zero attached hydrogens (tertiary/aromatic N) is 3. The second kappa shape index (κ2) is 7.07. The fourth-order valence-electron chi connectivity index (χ4n) is 3.37. The third-order valence-electron chi connectivity index (χ3n) is 4.72. The number of fused-ring (bicyclic) bond motifs is 2. The Morgan fingerprint density at radius 2 is 1.78 bits per heavy atom. The molecule has 6 heteroatoms. The van der Waals surface area contributed by atoms with Crippen molar-refractivity contribution in [3.8, 4) is 0 Å². The second-order valence-corrected chi connectivity index (χ2v) is 6.52. The molecule has 0 saturated heterocycles. The number of carbonyl (C=O) groups is 1. The molecule has 0 aliphatic rings. The van der Waals surface area contributed by atoms with Gasteiger partial charge in [0.05, 0.1) is 17.5 Å². The van der Waals surface area contributed by atoms with Gasteiger partial charge < -0.3 is 9.88 Å². The smallest absolute Gasteiger partial charge is 0.274 e. The van der Waals surface area contributed by atoms with Gasteiger partial charge in [0.15, 0.2) is 0 Å². The third-order valence-corrected chi connectivity index (χ3v) is 4.72. The summed E-state index contributed by atoms with van der Waals surface area (Å²) in [5.74, 6) is -0.109. The molecule has 2 aromatic carbocycles. The zero-order valence-corrected chi connectivity index (χ0v) is 15.1. The average molecular weight is 360 g/mol. The Labute approximate surface area is 156 Å². The van der Waals surface area contributed by atoms with E-state index in [4.69, 9.17) is 0 Å². The maximum Gasteiger partial charge on any atom is 0.274 e. The molecule has 1 amide bonds. The van der Waals surface area contributed by atoms with Crippen LogP contribution in [0.1, 0.15) is 5.69 Å². The van der Waals surface area contributed by atoms with Crippen LogP contribution < -0.4 is 10.9 Å². The van der Waals surface area contributed by atoms with E-state index in [1.54, 1.807) is 13.1 Å². The van der Waals surface area contributed by atoms with E-state index >= 15 is 0 Å². The van der Waals surface area contributed by atoms with E-state index in [0.29, 0.717) is 24.2 Å². The minimum absolute atomic E-state index is 0.109. The van der Waals surface area contributed by atoms with Crippen molar-refractivity contribution in [3.05, 3.63) is 76.8 Å². The second-order valence-electron chi connectivity index (χ2n) is 6.52. The molecule has 2 aromatic heterocycles. The number of benzene rings is 2. The lowest BCUT2D eigenvalue weighted by atomic mass is 10.1. The number of rotatable bonds is 5. The first-order valence-corrected chi connectivity index (χ1v) is 8.89. The Morgan fingerprint density at radius 1 is 1.04 bits per heavy atom. The fraction of sp³-hybridized carbons (Fsp3) is 0.190. The maximum atomic E-state index is 12.4. The minimum Gasteiger partial charge on any atom is -0.354 e. The van der Waals surface area contributed by atoms with Crippen LogP contribution in [0.5, 0.6) is 0 Å². The summed E-state index contributed by atoms with van der Waals surface area (Å²) >= 11 is 0. The molecular formula is C21H20N4O2. The number of aromatic nitrogens is 3. The first-order chi connectivity index (χ1) is 13.1. The van der Waals surface area contributed by atoms with Crippen molar-refractivity contribution >= 4 is 27.6 Å². The molecule has 2 heterocycles. The van der Waals surface area contributed by atoms with Crippen LogP contribution in [0.2, 0.25) is 0 Å². The summed E-state index contributed by atoms with van der Waals surface area (Å²) < 4.78 is 3.41. The predicted molar refractivity (Wildman–Crippen MR) is 106 cm³/mol. The van der Waals surface area contributed by atoms with Crippen LogP contribution in [-0.2, 0) is 24.8 Å². The maximum absolute atomic E-state index is 12.4. The number of para-hydroxylation sites is 1. The Morgan fingerprint density at radius 3 is 2.63 bits per heavy atom. The molecule has 27 heavy (non-hydrogen) atoms. The van der Waals surface area contributed by atoms with Gasteiger partial charge in [0.25, 0.3) is 5.56 Å². The Balaban J connectivity index is 1.45. The molecular weight excluding hydrogens is 340 g/mol. The number of hydrogen-bond donors (Lipinski definition) is 1. The molecule has 6 nitrogen and oxygen atoms in total. The van der Waals surface area contributed by atoms with Crippen LogP contribution >= 0.6 is 0 Å². The van der Waals surface area contributed by atoms with Crippen molar-refractivity contribution in [1.29, 1.82) is 0 Å². The van der Waals surface area contributed by atoms with Crippen molar-refractivity contribution in [2.24, 2.45) is 7.05 Å². The molecule has 136 valence electrons. The average Bonchev–Trinajstić information content (AvgIpc) is 3.09. The summed E-state index contributed by atoms with van der Waals surface area (Å²) in [7, 11) is 1.60. The molecule has 4 aromatic rings. The highest BCUT2D eigenvalue weighted by molar-refractivity contribution is 5.88. The quantitative estimate of drug-likeness (QED) is 0.593. The molecule has 0 atom stereocenters. The first kappa shape index (κ1) is 17.0. The Kier molecular flexibility index (Phi) is 4.46. The van der Waals surface area contributed by atoms with Crippen molar-refractivity contribution in [3.63, 3.8) is 0 Å². The monoisotopic (exact) mass is 360 g/mol. The predicted octanol–water partition coefficient (Wildman–Crippen LogP) is 2.25. The van der Waals surface area contributed by atoms with Gasteiger partial charge in [-0.3, -0.25) is 9.59 Å². The largest absolute Gasteiger partial charge is 0.354 e. The summed E-state index contributed by atoms with van der Waals surface area (Å²) in [6, 6.07) is 17.5. The van der Waals surface area contributed by atoms with Gasteiger partial charge >= 0.3 is 0 Å². The summed E-state index contributed by atoms with van der Waals surface area (Å²) in [6.45, 7) is 1.22. The molecule has 0 aliphatic heterocycles. The number of nitrogens with one attached hydrogen (secondary N) is 1. The number of hydrogen-bond acceptors (Lipinski definition) is 3. The Bertz CT molecular complexity index is 1190. The third kappa shape index (κ3) is 3.33. The van der Waals surface area contributed by atoms with Gasteiger partial charge in [-0.2, -0.15) is 5.10 Å². The van der Waals surface area contributed by atoms with E-state index in [2.05, 4.69) is 33.2 Å². The summed E-state index contributed by atoms with van der Waals surface area (Å²) in [5, 5.41) is 9.72. The molecule has 4 rings (SSSR count). The van der Waals surface area contributed by atoms with Crippen LogP contribution in [0.25, 0.3) is 21.7 Å². The molecule has 0 radical (unpaired) electrons. The van der Waals surface area contributed by atoms with Crippen LogP contribution in [0.15, 0.2) is 65.6 Å². The van der Waals surface area contributed by atoms with Gasteiger partial charge in [-0.1, -0.05) is 36.4 Å². The number of amides is 1. The van der Waals surface area contributed by atoms with Gasteiger partial charge in [0.2, 0.25) is 5.91 Å². The molecule has 1 N–H and O–H groups in total. The van der Waals surface area contributed by atoms with E-state index < -0.39 is 0 Å². The minimum atomic E-state index is -0.158. The molecule has 0 spiro atoms. The number of carbonyl (C=O) groups excluding carboxylic acids is 1. The normalized spacial score (nSPS) is 11.1. The summed E-state index contributed by atoms with van der Waals surface area (Å²) in [5.41, 5.74) is 1.60. The lowest BCUT2D eigenvalue weighted by molar-refractivity contribution is -0.120. The summed E-state index contributed by atoms with van der Waals surface area (Å²) in [6.07, 6.45) is 2.17. The number of aryl methyl sites for hydroxylation is 1. The van der Waals surface area contributed by atoms with Gasteiger partial charge in [-0.15, -0.1) is 0 Å². The van der Waals surface area contributed by atoms with Crippen LogP contribution in [0.3, 0.4) is 0 Å². The topological polar surface area (TPSA) is 68.9 Å². The first-order valence-electron chi connectivity index (χ1n) is 8.89. The van der Waals surface area contributed by atoms with E-state index in [0.717, 1.165) is 10.9 Å². The van der Waals surface area contributed by atoms with E-state index in [1.807, 2.05) is 36.5 Å². The SMILES string of the molecule is Cn1nc(CC(=O)NCCn2ccc3ccccc32)c2ccccc2c1=O. The van der Waals surface area contributed by atoms with E-state index in [-0.39, 0.29) is 17.9 Å². The fourth-order valence-corrected chi connectivity index (χ4v) is 3.37. The standard InChI is InChI=1S/C21H20N4O2/c1-24-21(27)17-8-4-3-7-16(17)18(23-24)14-20(26)22-11-13-25-12-10-15-6-2-5-9-19(15)25/h2-10,12H,11,13-14H2,1H3,(H,22,26). The zero-order chi connectivity index (χ0) is 18.8. The molecule has 0 aliphatic carbocycles. The summed E-state index contributed by atoms with van der Waals surface area (Å²) in [4.78, 5) is 24.6. The van der Waals surface area contributed by atoms with Gasteiger partial charge in [0.1, 0.15) is 0 Å². The van der Waals surface area contributed by atoms with Crippen LogP contribution in [0.4, 0.5) is 0 Å². The van der Waals surface area contributed by atoms with Gasteiger partial charge in [0, 0.05) is 37.2 Å². The van der Waals surface area contributed by atoms with Crippen LogP contribution in [0, 0.1) is 0 Å². The van der Waals surface area contributed by atoms with E-state index in [1.165, 1.54) is 10.1 Å². The van der Waals surface area contributed by atoms with E-state index in [9.17, 15) is 9.59 Å². The van der Waals surface area contributed by atoms with Crippen molar-refractivity contribution < 1.29 is 4.79 Å². The zero-order valence-electron chi connectivity index (χ0n) is 15.1. The molecule has 0 bridgehead atoms. The van der Waals surface area contributed by atoms with Crippen LogP contribution in [-0.4, -0.2) is 26.8 Å². The molecule has 0 unspecified atom stereocenters. The lowest BCUT2D eigenvalue weighted by Gasteiger charge is -2.10. The van der Waals surface area contributed by atoms with Crippen molar-refractivity contribution in [1.82, 2.24) is 19.7 Å². The molecule has 0 fully saturated rings. The van der Waals surface area contributed by atoms with Crippen molar-refractivity contribution in [2.75, 3.05) is 6.54 Å².